The molecule has 1 rings (SSSR count). The van der Waals surface area contributed by atoms with Crippen LogP contribution in [0.4, 0.5) is 0 Å². The first-order chi connectivity index (χ1) is 8.45. The zero-order valence-electron chi connectivity index (χ0n) is 12.8. The van der Waals surface area contributed by atoms with E-state index in [1.807, 2.05) is 18.7 Å². The van der Waals surface area contributed by atoms with E-state index < -0.39 is 0 Å². The van der Waals surface area contributed by atoms with Crippen molar-refractivity contribution in [1.29, 1.82) is 0 Å². The summed E-state index contributed by atoms with van der Waals surface area (Å²) in [5.74, 6) is 0.967. The number of hydrogen-bond acceptors (Lipinski definition) is 3. The van der Waals surface area contributed by atoms with E-state index in [1.54, 1.807) is 0 Å². The van der Waals surface area contributed by atoms with Gasteiger partial charge in [-0.15, -0.1) is 12.4 Å². The highest BCUT2D eigenvalue weighted by molar-refractivity contribution is 5.85. The minimum atomic E-state index is -0.336. The number of likely N-dealkylation sites (tertiary alicyclic amines) is 1. The summed E-state index contributed by atoms with van der Waals surface area (Å²) in [7, 11) is 2.16. The third-order valence-electron chi connectivity index (χ3n) is 3.78. The van der Waals surface area contributed by atoms with Gasteiger partial charge >= 0.3 is 0 Å². The van der Waals surface area contributed by atoms with Gasteiger partial charge in [0.1, 0.15) is 0 Å². The maximum Gasteiger partial charge on any atom is 0.239 e. The average Bonchev–Trinajstić information content (AvgIpc) is 2.75. The summed E-state index contributed by atoms with van der Waals surface area (Å²) in [5, 5.41) is 0. The zero-order chi connectivity index (χ0) is 13.7. The molecule has 0 spiro atoms. The number of nitrogens with zero attached hydrogens (tertiary/aromatic N) is 2. The molecule has 0 radical (unpaired) electrons. The topological polar surface area (TPSA) is 49.6 Å². The fraction of sp³-hybridized carbons (Fsp3) is 0.929. The minimum absolute atomic E-state index is 0. The summed E-state index contributed by atoms with van der Waals surface area (Å²) >= 11 is 0. The molecule has 0 aromatic heterocycles. The minimum Gasteiger partial charge on any atom is -0.341 e. The third-order valence-corrected chi connectivity index (χ3v) is 3.78. The van der Waals surface area contributed by atoms with Crippen molar-refractivity contribution >= 4 is 18.3 Å². The second-order valence-corrected chi connectivity index (χ2v) is 5.97. The first-order valence-electron chi connectivity index (χ1n) is 7.18. The van der Waals surface area contributed by atoms with Gasteiger partial charge in [-0.2, -0.15) is 0 Å². The second kappa shape index (κ2) is 8.77. The normalized spacial score (nSPS) is 20.8. The second-order valence-electron chi connectivity index (χ2n) is 5.97. The van der Waals surface area contributed by atoms with E-state index in [9.17, 15) is 4.79 Å². The quantitative estimate of drug-likeness (QED) is 0.808. The number of carbonyl (C=O) groups excluding carboxylic acids is 1. The first kappa shape index (κ1) is 18.7. The molecule has 1 heterocycles. The fourth-order valence-corrected chi connectivity index (χ4v) is 2.59. The van der Waals surface area contributed by atoms with Crippen molar-refractivity contribution in [3.8, 4) is 0 Å². The average molecular weight is 292 g/mol. The standard InChI is InChI=1S/C14H29N3O.ClH/c1-5-7-16(4)9-12-6-8-17(10-12)14(18)13(15)11(2)3;/h11-13H,5-10,15H2,1-4H3;1H/t12?,13-;/m0./s1. The smallest absolute Gasteiger partial charge is 0.239 e. The molecular weight excluding hydrogens is 262 g/mol. The predicted octanol–water partition coefficient (Wildman–Crippen LogP) is 1.58. The number of halogens is 1. The van der Waals surface area contributed by atoms with E-state index in [0.29, 0.717) is 5.92 Å². The Kier molecular flexibility index (Phi) is 8.62. The molecule has 1 aliphatic rings. The molecule has 5 heteroatoms. The van der Waals surface area contributed by atoms with Gasteiger partial charge in [0.2, 0.25) is 5.91 Å². The Morgan fingerprint density at radius 3 is 2.63 bits per heavy atom. The third kappa shape index (κ3) is 5.67. The molecule has 1 fully saturated rings. The molecule has 2 atom stereocenters. The Morgan fingerprint density at radius 1 is 1.47 bits per heavy atom. The molecule has 19 heavy (non-hydrogen) atoms. The first-order valence-corrected chi connectivity index (χ1v) is 7.18. The molecule has 2 N–H and O–H groups in total. The van der Waals surface area contributed by atoms with Crippen LogP contribution in [-0.2, 0) is 4.79 Å². The van der Waals surface area contributed by atoms with Crippen LogP contribution in [-0.4, -0.2) is 55.0 Å². The summed E-state index contributed by atoms with van der Waals surface area (Å²) in [6, 6.07) is -0.336. The Morgan fingerprint density at radius 2 is 2.11 bits per heavy atom. The zero-order valence-corrected chi connectivity index (χ0v) is 13.6. The van der Waals surface area contributed by atoms with E-state index in [1.165, 1.54) is 6.42 Å². The highest BCUT2D eigenvalue weighted by Crippen LogP contribution is 2.19. The van der Waals surface area contributed by atoms with Crippen molar-refractivity contribution in [2.24, 2.45) is 17.6 Å². The van der Waals surface area contributed by atoms with Gasteiger partial charge in [0.15, 0.2) is 0 Å². The molecule has 0 saturated carbocycles. The summed E-state index contributed by atoms with van der Waals surface area (Å²) in [5.41, 5.74) is 5.93. The highest BCUT2D eigenvalue weighted by atomic mass is 35.5. The molecule has 114 valence electrons. The van der Waals surface area contributed by atoms with Crippen LogP contribution >= 0.6 is 12.4 Å². The molecule has 0 aromatic rings. The number of rotatable bonds is 6. The van der Waals surface area contributed by atoms with Crippen LogP contribution in [0.25, 0.3) is 0 Å². The largest absolute Gasteiger partial charge is 0.341 e. The van der Waals surface area contributed by atoms with E-state index >= 15 is 0 Å². The van der Waals surface area contributed by atoms with Gasteiger partial charge in [-0.3, -0.25) is 4.79 Å². The van der Waals surface area contributed by atoms with Gasteiger partial charge in [0, 0.05) is 19.6 Å². The van der Waals surface area contributed by atoms with E-state index in [2.05, 4.69) is 18.9 Å². The van der Waals surface area contributed by atoms with Crippen molar-refractivity contribution < 1.29 is 4.79 Å². The molecule has 0 aromatic carbocycles. The monoisotopic (exact) mass is 291 g/mol. The molecule has 1 aliphatic heterocycles. The maximum atomic E-state index is 12.1. The van der Waals surface area contributed by atoms with E-state index in [-0.39, 0.29) is 30.3 Å². The number of nitrogens with two attached hydrogens (primary N) is 1. The van der Waals surface area contributed by atoms with Crippen LogP contribution in [0.15, 0.2) is 0 Å². The van der Waals surface area contributed by atoms with Crippen LogP contribution in [0.1, 0.15) is 33.6 Å². The summed E-state index contributed by atoms with van der Waals surface area (Å²) < 4.78 is 0. The SMILES string of the molecule is CCCN(C)CC1CCN(C(=O)[C@@H](N)C(C)C)C1.Cl. The van der Waals surface area contributed by atoms with Crippen molar-refractivity contribution in [3.05, 3.63) is 0 Å². The van der Waals surface area contributed by atoms with Gasteiger partial charge in [-0.25, -0.2) is 0 Å². The van der Waals surface area contributed by atoms with E-state index in [0.717, 1.165) is 32.6 Å². The summed E-state index contributed by atoms with van der Waals surface area (Å²) in [6.07, 6.45) is 2.30. The van der Waals surface area contributed by atoms with Crippen molar-refractivity contribution in [1.82, 2.24) is 9.80 Å². The summed E-state index contributed by atoms with van der Waals surface area (Å²) in [4.78, 5) is 16.4. The molecule has 1 saturated heterocycles. The maximum absolute atomic E-state index is 12.1. The molecule has 1 amide bonds. The molecule has 0 aliphatic carbocycles. The van der Waals surface area contributed by atoms with Crippen molar-refractivity contribution in [2.75, 3.05) is 33.2 Å². The van der Waals surface area contributed by atoms with Gasteiger partial charge in [0.05, 0.1) is 6.04 Å². The van der Waals surface area contributed by atoms with Crippen LogP contribution in [0.2, 0.25) is 0 Å². The molecular formula is C14H30ClN3O. The lowest BCUT2D eigenvalue weighted by atomic mass is 10.0. The Balaban J connectivity index is 0.00000324. The lowest BCUT2D eigenvalue weighted by Crippen LogP contribution is -2.45. The predicted molar refractivity (Wildman–Crippen MR) is 82.5 cm³/mol. The van der Waals surface area contributed by atoms with Gasteiger partial charge in [-0.05, 0) is 38.3 Å². The number of amides is 1. The summed E-state index contributed by atoms with van der Waals surface area (Å²) in [6.45, 7) is 10.2. The van der Waals surface area contributed by atoms with Crippen LogP contribution in [0, 0.1) is 11.8 Å². The van der Waals surface area contributed by atoms with Crippen molar-refractivity contribution in [3.63, 3.8) is 0 Å². The molecule has 1 unspecified atom stereocenters. The van der Waals surface area contributed by atoms with E-state index in [4.69, 9.17) is 5.73 Å². The Bertz CT molecular complexity index is 273. The number of carbonyl (C=O) groups is 1. The van der Waals surface area contributed by atoms with Gasteiger partial charge < -0.3 is 15.5 Å². The lowest BCUT2D eigenvalue weighted by Gasteiger charge is -2.24. The van der Waals surface area contributed by atoms with Gasteiger partial charge in [-0.1, -0.05) is 20.8 Å². The molecule has 4 nitrogen and oxygen atoms in total. The fourth-order valence-electron chi connectivity index (χ4n) is 2.59. The van der Waals surface area contributed by atoms with Crippen LogP contribution in [0.3, 0.4) is 0 Å². The van der Waals surface area contributed by atoms with Crippen LogP contribution in [0.5, 0.6) is 0 Å². The highest BCUT2D eigenvalue weighted by Gasteiger charge is 2.30. The van der Waals surface area contributed by atoms with Crippen molar-refractivity contribution in [2.45, 2.75) is 39.7 Å². The molecule has 0 bridgehead atoms. The Hall–Kier alpha value is -0.320. The Labute approximate surface area is 124 Å². The van der Waals surface area contributed by atoms with Gasteiger partial charge in [0.25, 0.3) is 0 Å². The van der Waals surface area contributed by atoms with Crippen LogP contribution < -0.4 is 5.73 Å². The lowest BCUT2D eigenvalue weighted by molar-refractivity contribution is -0.132. The number of hydrogen-bond donors (Lipinski definition) is 1.